The van der Waals surface area contributed by atoms with E-state index in [1.54, 1.807) is 32.9 Å². The van der Waals surface area contributed by atoms with Gasteiger partial charge in [0.05, 0.1) is 5.58 Å². The van der Waals surface area contributed by atoms with Crippen LogP contribution in [0.25, 0.3) is 77.1 Å². The third-order valence-electron chi connectivity index (χ3n) is 11.1. The second-order valence-electron chi connectivity index (χ2n) is 18.4. The molecule has 9 rings (SSSR count). The standard InChI is InChI=1S/C43H42NO.C15H16N.Ir/c1-25(2)29-15-17-33(38(21-29)26(3)4)30-16-18-34-31(20-30)13-12-28-14-19-36-35-10-9-11-37(41(35)45-42(36)40(28)34)39-22-32(23-43(6,7)8)27(5)24-44-39;1-15(2,3)13-9-10-14(16-11-13)12-7-5-4-6-8-12;/h9-10,12-22,24-26H,23H2,1-8H3;4-7,9-11H,1-3H3;/q2*-1;/i5D3,23D2,25D,26D;;. The average molecular weight is 998 g/mol. The average Bonchev–Trinajstić information content (AvgIpc) is 3.66. The summed E-state index contributed by atoms with van der Waals surface area (Å²) in [7, 11) is 0. The maximum Gasteiger partial charge on any atom is 0.129 e. The number of rotatable bonds is 6. The van der Waals surface area contributed by atoms with Gasteiger partial charge < -0.3 is 14.4 Å². The molecule has 4 heteroatoms. The predicted octanol–water partition coefficient (Wildman–Crippen LogP) is 16.4. The minimum atomic E-state index is -2.55. The van der Waals surface area contributed by atoms with E-state index in [-0.39, 0.29) is 36.6 Å². The Balaban J connectivity index is 0.000000350. The van der Waals surface area contributed by atoms with Crippen molar-refractivity contribution < 1.29 is 34.1 Å². The molecule has 0 spiro atoms. The van der Waals surface area contributed by atoms with Crippen LogP contribution in [0, 0.1) is 24.4 Å². The minimum absolute atomic E-state index is 0. The molecule has 0 amide bonds. The zero-order valence-electron chi connectivity index (χ0n) is 44.3. The molecule has 317 valence electrons. The summed E-state index contributed by atoms with van der Waals surface area (Å²) in [5.74, 6) is -1.65. The molecular formula is C58H58IrN2O-2. The number of aromatic nitrogens is 2. The van der Waals surface area contributed by atoms with E-state index in [9.17, 15) is 0 Å². The Kier molecular flexibility index (Phi) is 10.3. The van der Waals surface area contributed by atoms with Crippen LogP contribution in [-0.4, -0.2) is 9.97 Å². The fourth-order valence-corrected chi connectivity index (χ4v) is 7.87. The molecule has 62 heavy (non-hydrogen) atoms. The van der Waals surface area contributed by atoms with Crippen molar-refractivity contribution in [2.75, 3.05) is 0 Å². The number of hydrogen-bond acceptors (Lipinski definition) is 3. The molecule has 0 N–H and O–H groups in total. The van der Waals surface area contributed by atoms with Gasteiger partial charge in [0.25, 0.3) is 0 Å². The summed E-state index contributed by atoms with van der Waals surface area (Å²) in [6, 6.07) is 44.5. The molecule has 0 atom stereocenters. The van der Waals surface area contributed by atoms with E-state index < -0.39 is 30.4 Å². The van der Waals surface area contributed by atoms with Gasteiger partial charge in [-0.25, -0.2) is 0 Å². The molecule has 9 aromatic rings. The van der Waals surface area contributed by atoms with Gasteiger partial charge in [0.2, 0.25) is 0 Å². The van der Waals surface area contributed by atoms with E-state index in [0.717, 1.165) is 65.8 Å². The first-order chi connectivity index (χ1) is 31.6. The predicted molar refractivity (Wildman–Crippen MR) is 260 cm³/mol. The smallest absolute Gasteiger partial charge is 0.129 e. The van der Waals surface area contributed by atoms with Gasteiger partial charge in [-0.3, -0.25) is 0 Å². The molecule has 0 fully saturated rings. The SMILES string of the molecule is CC(C)(C)c1ccc(-c2[c-]cccc2)nc1.[2H]C([2H])([2H])c1cnc(-c2[c-]ccc3c2oc2c3ccc3ccc4cc(-c5ccc(C([2H])(C)C)cc5C([2H])(C)C)ccc4c32)cc1C([2H])([2H])C(C)(C)C.[Ir]. The molecule has 0 aliphatic carbocycles. The van der Waals surface area contributed by atoms with Gasteiger partial charge in [-0.1, -0.05) is 159 Å². The molecule has 0 bridgehead atoms. The largest absolute Gasteiger partial charge is 0.500 e. The first-order valence-corrected chi connectivity index (χ1v) is 21.0. The Labute approximate surface area is 392 Å². The van der Waals surface area contributed by atoms with Crippen LogP contribution >= 0.6 is 0 Å². The van der Waals surface area contributed by atoms with E-state index >= 15 is 0 Å². The first kappa shape index (κ1) is 36.1. The van der Waals surface area contributed by atoms with Crippen molar-refractivity contribution in [1.29, 1.82) is 0 Å². The van der Waals surface area contributed by atoms with Crippen molar-refractivity contribution in [2.24, 2.45) is 5.41 Å². The van der Waals surface area contributed by atoms with E-state index in [2.05, 4.69) is 91.4 Å². The van der Waals surface area contributed by atoms with Crippen LogP contribution in [0.2, 0.25) is 0 Å². The Bertz CT molecular complexity index is 3330. The van der Waals surface area contributed by atoms with Crippen LogP contribution in [-0.2, 0) is 31.9 Å². The second-order valence-corrected chi connectivity index (χ2v) is 18.4. The summed E-state index contributed by atoms with van der Waals surface area (Å²) in [5, 5.41) is 5.73. The van der Waals surface area contributed by atoms with Gasteiger partial charge in [0.1, 0.15) is 5.58 Å². The van der Waals surface area contributed by atoms with E-state index in [0.29, 0.717) is 22.4 Å². The van der Waals surface area contributed by atoms with Crippen molar-refractivity contribution in [3.8, 4) is 33.6 Å². The maximum absolute atomic E-state index is 9.00. The summed E-state index contributed by atoms with van der Waals surface area (Å²) < 4.78 is 66.7. The molecule has 0 saturated heterocycles. The van der Waals surface area contributed by atoms with E-state index in [1.807, 2.05) is 88.5 Å². The van der Waals surface area contributed by atoms with Crippen molar-refractivity contribution in [1.82, 2.24) is 9.97 Å². The molecule has 3 nitrogen and oxygen atoms in total. The molecule has 3 aromatic heterocycles. The van der Waals surface area contributed by atoms with Gasteiger partial charge in [-0.05, 0) is 103 Å². The van der Waals surface area contributed by atoms with Gasteiger partial charge in [0, 0.05) is 52.9 Å². The van der Waals surface area contributed by atoms with E-state index in [4.69, 9.17) is 14.0 Å². The zero-order valence-corrected chi connectivity index (χ0v) is 39.7. The number of furan rings is 1. The third-order valence-corrected chi connectivity index (χ3v) is 11.1. The summed E-state index contributed by atoms with van der Waals surface area (Å²) in [6.45, 7) is 16.8. The molecule has 0 saturated carbocycles. The number of hydrogen-bond donors (Lipinski definition) is 0. The number of fused-ring (bicyclic) bond motifs is 7. The Morgan fingerprint density at radius 2 is 1.44 bits per heavy atom. The van der Waals surface area contributed by atoms with Crippen LogP contribution in [0.15, 0.2) is 132 Å². The Morgan fingerprint density at radius 1 is 0.694 bits per heavy atom. The first-order valence-electron chi connectivity index (χ1n) is 24.5. The van der Waals surface area contributed by atoms with Crippen molar-refractivity contribution >= 4 is 43.5 Å². The van der Waals surface area contributed by atoms with Crippen LogP contribution in [0.4, 0.5) is 0 Å². The van der Waals surface area contributed by atoms with Crippen molar-refractivity contribution in [3.63, 3.8) is 0 Å². The molecular weight excluding hydrogens is 933 g/mol. The zero-order chi connectivity index (χ0) is 49.4. The summed E-state index contributed by atoms with van der Waals surface area (Å²) in [5.41, 5.74) is 8.35. The van der Waals surface area contributed by atoms with Crippen LogP contribution in [0.5, 0.6) is 0 Å². The van der Waals surface area contributed by atoms with Crippen LogP contribution < -0.4 is 0 Å². The Hall–Kier alpha value is -5.41. The maximum atomic E-state index is 9.00. The summed E-state index contributed by atoms with van der Waals surface area (Å²) in [4.78, 5) is 9.03. The van der Waals surface area contributed by atoms with Crippen LogP contribution in [0.1, 0.15) is 118 Å². The molecule has 0 aliphatic heterocycles. The van der Waals surface area contributed by atoms with Gasteiger partial charge >= 0.3 is 0 Å². The minimum Gasteiger partial charge on any atom is -0.500 e. The molecule has 1 radical (unpaired) electrons. The molecule has 6 aromatic carbocycles. The topological polar surface area (TPSA) is 38.9 Å². The number of aryl methyl sites for hydroxylation is 1. The summed E-state index contributed by atoms with van der Waals surface area (Å²) in [6.07, 6.45) is 1.25. The second kappa shape index (κ2) is 17.8. The number of benzene rings is 6. The van der Waals surface area contributed by atoms with Gasteiger partial charge in [-0.15, -0.1) is 54.1 Å². The quantitative estimate of drug-likeness (QED) is 0.123. The normalized spacial score (nSPS) is 14.5. The van der Waals surface area contributed by atoms with Gasteiger partial charge in [0.15, 0.2) is 0 Å². The molecule has 0 aliphatic rings. The third kappa shape index (κ3) is 9.19. The van der Waals surface area contributed by atoms with Crippen molar-refractivity contribution in [3.05, 3.63) is 168 Å². The molecule has 0 unspecified atom stereocenters. The number of nitrogens with zero attached hydrogens (tertiary/aromatic N) is 2. The summed E-state index contributed by atoms with van der Waals surface area (Å²) >= 11 is 0. The number of pyridine rings is 2. The monoisotopic (exact) mass is 998 g/mol. The molecule has 3 heterocycles. The van der Waals surface area contributed by atoms with E-state index in [1.165, 1.54) is 11.8 Å². The van der Waals surface area contributed by atoms with Crippen LogP contribution in [0.3, 0.4) is 0 Å². The fourth-order valence-electron chi connectivity index (χ4n) is 7.87. The Morgan fingerprint density at radius 3 is 2.11 bits per heavy atom. The van der Waals surface area contributed by atoms with Crippen molar-refractivity contribution in [2.45, 2.75) is 99.7 Å². The fraction of sp³-hybridized carbons (Fsp3) is 0.276. The van der Waals surface area contributed by atoms with Gasteiger partial charge in [-0.2, -0.15) is 0 Å².